The third-order valence-electron chi connectivity index (χ3n) is 8.05. The Morgan fingerprint density at radius 3 is 2.50 bits per heavy atom. The minimum Gasteiger partial charge on any atom is -0.353 e. The summed E-state index contributed by atoms with van der Waals surface area (Å²) < 4.78 is 0. The summed E-state index contributed by atoms with van der Waals surface area (Å²) in [5.41, 5.74) is -0.340. The number of nitrogens with one attached hydrogen (secondary N) is 1. The van der Waals surface area contributed by atoms with E-state index in [4.69, 9.17) is 0 Å². The maximum Gasteiger partial charge on any atom is 0.320 e. The molecule has 0 aromatic carbocycles. The number of hydrogen-bond donors (Lipinski definition) is 1. The molecule has 4 rings (SSSR count). The minimum absolute atomic E-state index is 0.116. The Bertz CT molecular complexity index is 686. The van der Waals surface area contributed by atoms with Crippen molar-refractivity contribution in [2.24, 2.45) is 17.3 Å². The van der Waals surface area contributed by atoms with Crippen molar-refractivity contribution in [2.75, 3.05) is 32.7 Å². The SMILES string of the molecule is CCC(C)(C)C(=O)NC1CCN(C(=O)N2C[C@H]3C[C@H](C2)[C@H]2CCCC(=O)N2C3)CC1. The molecule has 4 fully saturated rings. The third-order valence-corrected chi connectivity index (χ3v) is 8.05. The van der Waals surface area contributed by atoms with E-state index in [0.29, 0.717) is 43.3 Å². The molecule has 0 aromatic rings. The first kappa shape index (κ1) is 21.4. The van der Waals surface area contributed by atoms with Gasteiger partial charge in [-0.3, -0.25) is 9.59 Å². The second-order valence-electron chi connectivity index (χ2n) is 10.5. The molecule has 0 saturated carbocycles. The molecule has 30 heavy (non-hydrogen) atoms. The van der Waals surface area contributed by atoms with Gasteiger partial charge in [0, 0.05) is 56.6 Å². The quantitative estimate of drug-likeness (QED) is 0.765. The zero-order valence-corrected chi connectivity index (χ0v) is 18.9. The van der Waals surface area contributed by atoms with Gasteiger partial charge in [-0.15, -0.1) is 0 Å². The van der Waals surface area contributed by atoms with Crippen LogP contribution in [0.3, 0.4) is 0 Å². The smallest absolute Gasteiger partial charge is 0.320 e. The highest BCUT2D eigenvalue weighted by molar-refractivity contribution is 5.82. The summed E-state index contributed by atoms with van der Waals surface area (Å²) in [6.07, 6.45) is 6.38. The fraction of sp³-hybridized carbons (Fsp3) is 0.870. The Labute approximate surface area is 180 Å². The summed E-state index contributed by atoms with van der Waals surface area (Å²) in [4.78, 5) is 44.1. The molecule has 0 radical (unpaired) electrons. The number of fused-ring (bicyclic) bond motifs is 4. The van der Waals surface area contributed by atoms with Crippen molar-refractivity contribution in [3.8, 4) is 0 Å². The molecular weight excluding hydrogens is 380 g/mol. The second kappa shape index (κ2) is 8.39. The molecular formula is C23H38N4O3. The number of carbonyl (C=O) groups excluding carboxylic acids is 3. The lowest BCUT2D eigenvalue weighted by atomic mass is 9.76. The van der Waals surface area contributed by atoms with Crippen LogP contribution in [0.15, 0.2) is 0 Å². The molecule has 4 saturated heterocycles. The topological polar surface area (TPSA) is 73.0 Å². The van der Waals surface area contributed by atoms with E-state index in [-0.39, 0.29) is 23.4 Å². The maximum absolute atomic E-state index is 13.2. The number of urea groups is 1. The molecule has 168 valence electrons. The Balaban J connectivity index is 1.30. The van der Waals surface area contributed by atoms with Gasteiger partial charge >= 0.3 is 6.03 Å². The first-order valence-electron chi connectivity index (χ1n) is 11.9. The lowest BCUT2D eigenvalue weighted by Crippen LogP contribution is -2.62. The van der Waals surface area contributed by atoms with Crippen LogP contribution in [0.4, 0.5) is 4.79 Å². The van der Waals surface area contributed by atoms with Crippen molar-refractivity contribution < 1.29 is 14.4 Å². The van der Waals surface area contributed by atoms with Crippen LogP contribution in [0.1, 0.15) is 65.7 Å². The average molecular weight is 419 g/mol. The summed E-state index contributed by atoms with van der Waals surface area (Å²) in [5, 5.41) is 3.19. The van der Waals surface area contributed by atoms with Gasteiger partial charge in [0.1, 0.15) is 0 Å². The summed E-state index contributed by atoms with van der Waals surface area (Å²) in [6, 6.07) is 0.648. The molecule has 4 heterocycles. The van der Waals surface area contributed by atoms with Gasteiger partial charge in [0.2, 0.25) is 11.8 Å². The predicted octanol–water partition coefficient (Wildman–Crippen LogP) is 2.46. The molecule has 0 aromatic heterocycles. The van der Waals surface area contributed by atoms with Gasteiger partial charge in [0.25, 0.3) is 0 Å². The highest BCUT2D eigenvalue weighted by Gasteiger charge is 2.45. The van der Waals surface area contributed by atoms with Gasteiger partial charge in [0.05, 0.1) is 0 Å². The number of piperidine rings is 4. The summed E-state index contributed by atoms with van der Waals surface area (Å²) in [7, 11) is 0. The third kappa shape index (κ3) is 4.17. The van der Waals surface area contributed by atoms with E-state index in [1.165, 1.54) is 0 Å². The van der Waals surface area contributed by atoms with Crippen molar-refractivity contribution in [1.82, 2.24) is 20.0 Å². The van der Waals surface area contributed by atoms with Crippen molar-refractivity contribution in [2.45, 2.75) is 77.8 Å². The fourth-order valence-electron chi connectivity index (χ4n) is 5.72. The van der Waals surface area contributed by atoms with Gasteiger partial charge in [-0.2, -0.15) is 0 Å². The maximum atomic E-state index is 13.2. The number of rotatable bonds is 3. The van der Waals surface area contributed by atoms with Crippen LogP contribution >= 0.6 is 0 Å². The highest BCUT2D eigenvalue weighted by Crippen LogP contribution is 2.38. The van der Waals surface area contributed by atoms with E-state index in [0.717, 1.165) is 58.2 Å². The molecule has 2 bridgehead atoms. The number of nitrogens with zero attached hydrogens (tertiary/aromatic N) is 3. The van der Waals surface area contributed by atoms with E-state index in [9.17, 15) is 14.4 Å². The number of amides is 4. The molecule has 7 heteroatoms. The summed E-state index contributed by atoms with van der Waals surface area (Å²) in [5.74, 6) is 1.28. The lowest BCUT2D eigenvalue weighted by Gasteiger charge is -2.53. The average Bonchev–Trinajstić information content (AvgIpc) is 2.74. The molecule has 1 N–H and O–H groups in total. The largest absolute Gasteiger partial charge is 0.353 e. The van der Waals surface area contributed by atoms with Crippen LogP contribution in [0.5, 0.6) is 0 Å². The molecule has 4 aliphatic heterocycles. The van der Waals surface area contributed by atoms with Crippen LogP contribution in [0.25, 0.3) is 0 Å². The first-order valence-corrected chi connectivity index (χ1v) is 11.9. The molecule has 7 nitrogen and oxygen atoms in total. The lowest BCUT2D eigenvalue weighted by molar-refractivity contribution is -0.144. The number of carbonyl (C=O) groups is 3. The van der Waals surface area contributed by atoms with E-state index in [1.807, 2.05) is 30.6 Å². The van der Waals surface area contributed by atoms with Crippen molar-refractivity contribution in [1.29, 1.82) is 0 Å². The number of hydrogen-bond acceptors (Lipinski definition) is 3. The van der Waals surface area contributed by atoms with Crippen LogP contribution in [0.2, 0.25) is 0 Å². The minimum atomic E-state index is -0.340. The molecule has 0 unspecified atom stereocenters. The molecule has 4 aliphatic rings. The van der Waals surface area contributed by atoms with Gasteiger partial charge in [-0.25, -0.2) is 4.79 Å². The Morgan fingerprint density at radius 1 is 1.07 bits per heavy atom. The van der Waals surface area contributed by atoms with E-state index in [2.05, 4.69) is 10.2 Å². The van der Waals surface area contributed by atoms with E-state index in [1.54, 1.807) is 0 Å². The number of likely N-dealkylation sites (tertiary alicyclic amines) is 2. The highest BCUT2D eigenvalue weighted by atomic mass is 16.2. The van der Waals surface area contributed by atoms with Crippen LogP contribution in [0, 0.1) is 17.3 Å². The van der Waals surface area contributed by atoms with E-state index < -0.39 is 0 Å². The van der Waals surface area contributed by atoms with Crippen molar-refractivity contribution in [3.63, 3.8) is 0 Å². The summed E-state index contributed by atoms with van der Waals surface area (Å²) in [6.45, 7) is 9.79. The van der Waals surface area contributed by atoms with Crippen LogP contribution in [-0.2, 0) is 9.59 Å². The Morgan fingerprint density at radius 2 is 1.80 bits per heavy atom. The standard InChI is InChI=1S/C23H38N4O3/c1-4-23(2,3)21(29)24-18-8-10-25(11-9-18)22(30)26-13-16-12-17(15-26)19-6-5-7-20(28)27(19)14-16/h16-19H,4-15H2,1-3H3,(H,24,29)/t16-,17-,19-/m1/s1. The zero-order chi connectivity index (χ0) is 21.5. The van der Waals surface area contributed by atoms with Crippen molar-refractivity contribution >= 4 is 17.8 Å². The van der Waals surface area contributed by atoms with Crippen LogP contribution in [-0.4, -0.2) is 77.4 Å². The molecule has 3 atom stereocenters. The zero-order valence-electron chi connectivity index (χ0n) is 18.9. The van der Waals surface area contributed by atoms with E-state index >= 15 is 0 Å². The molecule has 0 spiro atoms. The van der Waals surface area contributed by atoms with Gasteiger partial charge in [-0.05, 0) is 50.4 Å². The van der Waals surface area contributed by atoms with Gasteiger partial charge < -0.3 is 20.0 Å². The Hall–Kier alpha value is -1.79. The predicted molar refractivity (Wildman–Crippen MR) is 115 cm³/mol. The monoisotopic (exact) mass is 418 g/mol. The fourth-order valence-corrected chi connectivity index (χ4v) is 5.72. The second-order valence-corrected chi connectivity index (χ2v) is 10.5. The normalized spacial score (nSPS) is 30.2. The Kier molecular flexibility index (Phi) is 5.99. The van der Waals surface area contributed by atoms with Crippen molar-refractivity contribution in [3.05, 3.63) is 0 Å². The van der Waals surface area contributed by atoms with Gasteiger partial charge in [-0.1, -0.05) is 20.8 Å². The first-order chi connectivity index (χ1) is 14.3. The van der Waals surface area contributed by atoms with Gasteiger partial charge in [0.15, 0.2) is 0 Å². The summed E-state index contributed by atoms with van der Waals surface area (Å²) >= 11 is 0. The van der Waals surface area contributed by atoms with Crippen LogP contribution < -0.4 is 5.32 Å². The molecule has 0 aliphatic carbocycles. The molecule has 4 amide bonds.